The Morgan fingerprint density at radius 2 is 2.11 bits per heavy atom. The molecule has 1 saturated carbocycles. The molecule has 1 aliphatic heterocycles. The van der Waals surface area contributed by atoms with Crippen molar-refractivity contribution in [3.63, 3.8) is 0 Å². The van der Waals surface area contributed by atoms with Crippen molar-refractivity contribution in [1.82, 2.24) is 4.72 Å². The van der Waals surface area contributed by atoms with Crippen molar-refractivity contribution in [2.45, 2.75) is 29.8 Å². The zero-order chi connectivity index (χ0) is 13.8. The van der Waals surface area contributed by atoms with Crippen LogP contribution in [0.3, 0.4) is 0 Å². The van der Waals surface area contributed by atoms with Crippen LogP contribution in [0, 0.1) is 0 Å². The summed E-state index contributed by atoms with van der Waals surface area (Å²) in [5.41, 5.74) is 6.95. The van der Waals surface area contributed by atoms with Gasteiger partial charge in [-0.25, -0.2) is 13.1 Å². The Bertz CT molecular complexity index is 674. The second-order valence-electron chi connectivity index (χ2n) is 4.79. The van der Waals surface area contributed by atoms with E-state index in [4.69, 9.17) is 5.73 Å². The first-order valence-corrected chi connectivity index (χ1v) is 8.04. The summed E-state index contributed by atoms with van der Waals surface area (Å²) in [4.78, 5) is 11.4. The van der Waals surface area contributed by atoms with E-state index in [1.165, 1.54) is 6.07 Å². The molecule has 8 heteroatoms. The molecule has 1 fully saturated rings. The van der Waals surface area contributed by atoms with Crippen LogP contribution < -0.4 is 15.8 Å². The molecule has 1 amide bonds. The van der Waals surface area contributed by atoms with Crippen molar-refractivity contribution >= 4 is 37.5 Å². The fourth-order valence-corrected chi connectivity index (χ4v) is 4.44. The van der Waals surface area contributed by atoms with Gasteiger partial charge in [0.15, 0.2) is 0 Å². The van der Waals surface area contributed by atoms with E-state index >= 15 is 0 Å². The summed E-state index contributed by atoms with van der Waals surface area (Å²) >= 11 is 3.23. The summed E-state index contributed by atoms with van der Waals surface area (Å²) in [6.07, 6.45) is 0.857. The first-order valence-electron chi connectivity index (χ1n) is 5.77. The summed E-state index contributed by atoms with van der Waals surface area (Å²) in [6, 6.07) is 2.84. The molecule has 19 heavy (non-hydrogen) atoms. The number of carbonyl (C=O) groups excluding carboxylic acids is 1. The van der Waals surface area contributed by atoms with Gasteiger partial charge in [-0.1, -0.05) is 0 Å². The average molecular weight is 346 g/mol. The van der Waals surface area contributed by atoms with Crippen LogP contribution in [-0.4, -0.2) is 26.4 Å². The smallest absolute Gasteiger partial charge is 0.242 e. The number of anilines is 1. The fourth-order valence-electron chi connectivity index (χ4n) is 2.04. The van der Waals surface area contributed by atoms with E-state index in [0.29, 0.717) is 22.1 Å². The van der Waals surface area contributed by atoms with E-state index in [-0.39, 0.29) is 29.3 Å². The highest BCUT2D eigenvalue weighted by Crippen LogP contribution is 2.33. The van der Waals surface area contributed by atoms with Crippen LogP contribution in [0.1, 0.15) is 12.0 Å². The molecule has 1 heterocycles. The van der Waals surface area contributed by atoms with Crippen LogP contribution in [0.25, 0.3) is 0 Å². The minimum Gasteiger partial charge on any atom is -0.326 e. The SMILES string of the molecule is NC1CC1NS(=O)(=O)c1cc2c(cc1Br)NC(=O)C2. The minimum atomic E-state index is -3.62. The van der Waals surface area contributed by atoms with Gasteiger partial charge in [0.1, 0.15) is 0 Å². The third-order valence-electron chi connectivity index (χ3n) is 3.22. The number of nitrogens with one attached hydrogen (secondary N) is 2. The van der Waals surface area contributed by atoms with Crippen molar-refractivity contribution in [3.8, 4) is 0 Å². The topological polar surface area (TPSA) is 101 Å². The van der Waals surface area contributed by atoms with E-state index in [1.54, 1.807) is 6.07 Å². The van der Waals surface area contributed by atoms with Crippen molar-refractivity contribution in [2.24, 2.45) is 5.73 Å². The number of amides is 1. The molecule has 1 aromatic carbocycles. The first kappa shape index (κ1) is 13.0. The summed E-state index contributed by atoms with van der Waals surface area (Å²) in [5, 5.41) is 2.67. The van der Waals surface area contributed by atoms with Gasteiger partial charge in [0.2, 0.25) is 15.9 Å². The van der Waals surface area contributed by atoms with E-state index in [0.717, 1.165) is 0 Å². The number of halogens is 1. The normalized spacial score (nSPS) is 25.1. The maximum Gasteiger partial charge on any atom is 0.242 e. The molecule has 0 radical (unpaired) electrons. The van der Waals surface area contributed by atoms with Crippen molar-refractivity contribution < 1.29 is 13.2 Å². The molecule has 0 aromatic heterocycles. The lowest BCUT2D eigenvalue weighted by Crippen LogP contribution is -2.30. The van der Waals surface area contributed by atoms with Gasteiger partial charge in [-0.15, -0.1) is 0 Å². The number of carbonyl (C=O) groups is 1. The van der Waals surface area contributed by atoms with E-state index < -0.39 is 10.0 Å². The summed E-state index contributed by atoms with van der Waals surface area (Å²) in [6.45, 7) is 0. The van der Waals surface area contributed by atoms with Crippen molar-refractivity contribution in [2.75, 3.05) is 5.32 Å². The van der Waals surface area contributed by atoms with Gasteiger partial charge in [-0.3, -0.25) is 4.79 Å². The Kier molecular flexibility index (Phi) is 2.93. The van der Waals surface area contributed by atoms with Gasteiger partial charge in [-0.05, 0) is 40.0 Å². The van der Waals surface area contributed by atoms with Crippen LogP contribution in [-0.2, 0) is 21.2 Å². The number of hydrogen-bond acceptors (Lipinski definition) is 4. The zero-order valence-electron chi connectivity index (χ0n) is 9.81. The average Bonchev–Trinajstić information content (AvgIpc) is 2.84. The quantitative estimate of drug-likeness (QED) is 0.734. The van der Waals surface area contributed by atoms with E-state index in [2.05, 4.69) is 26.0 Å². The third kappa shape index (κ3) is 2.40. The second-order valence-corrected chi connectivity index (χ2v) is 7.33. The van der Waals surface area contributed by atoms with Crippen LogP contribution >= 0.6 is 15.9 Å². The Labute approximate surface area is 118 Å². The molecule has 4 N–H and O–H groups in total. The van der Waals surface area contributed by atoms with Crippen LogP contribution in [0.4, 0.5) is 5.69 Å². The number of benzene rings is 1. The largest absolute Gasteiger partial charge is 0.326 e. The molecule has 3 rings (SSSR count). The molecule has 0 bridgehead atoms. The lowest BCUT2D eigenvalue weighted by Gasteiger charge is -2.10. The van der Waals surface area contributed by atoms with Crippen molar-refractivity contribution in [1.29, 1.82) is 0 Å². The second kappa shape index (κ2) is 4.27. The van der Waals surface area contributed by atoms with Gasteiger partial charge in [0.05, 0.1) is 11.3 Å². The Morgan fingerprint density at radius 1 is 1.42 bits per heavy atom. The van der Waals surface area contributed by atoms with Gasteiger partial charge in [-0.2, -0.15) is 0 Å². The molecule has 2 unspecified atom stereocenters. The van der Waals surface area contributed by atoms with Crippen LogP contribution in [0.15, 0.2) is 21.5 Å². The predicted octanol–water partition coefficient (Wildman–Crippen LogP) is 0.322. The Hall–Kier alpha value is -0.960. The standard InChI is InChI=1S/C11H12BrN3O3S/c12-6-3-8-5(2-11(16)14-8)1-10(6)19(17,18)15-9-4-7(9)13/h1,3,7,9,15H,2,4,13H2,(H,14,16). The number of nitrogens with two attached hydrogens (primary N) is 1. The maximum atomic E-state index is 12.2. The highest BCUT2D eigenvalue weighted by molar-refractivity contribution is 9.10. The fraction of sp³-hybridized carbons (Fsp3) is 0.364. The van der Waals surface area contributed by atoms with E-state index in [1.807, 2.05) is 0 Å². The highest BCUT2D eigenvalue weighted by Gasteiger charge is 2.38. The minimum absolute atomic E-state index is 0.105. The zero-order valence-corrected chi connectivity index (χ0v) is 12.2. The summed E-state index contributed by atoms with van der Waals surface area (Å²) < 4.78 is 27.4. The van der Waals surface area contributed by atoms with Crippen molar-refractivity contribution in [3.05, 3.63) is 22.2 Å². The first-order chi connectivity index (χ1) is 8.87. The van der Waals surface area contributed by atoms with Crippen LogP contribution in [0.2, 0.25) is 0 Å². The number of fused-ring (bicyclic) bond motifs is 1. The molecule has 0 saturated heterocycles. The van der Waals surface area contributed by atoms with E-state index in [9.17, 15) is 13.2 Å². The number of hydrogen-bond donors (Lipinski definition) is 3. The lowest BCUT2D eigenvalue weighted by molar-refractivity contribution is -0.115. The molecule has 2 atom stereocenters. The third-order valence-corrected chi connectivity index (χ3v) is 5.67. The molecule has 1 aliphatic carbocycles. The monoisotopic (exact) mass is 345 g/mol. The van der Waals surface area contributed by atoms with Crippen LogP contribution in [0.5, 0.6) is 0 Å². The summed E-state index contributed by atoms with van der Waals surface area (Å²) in [5.74, 6) is -0.131. The van der Waals surface area contributed by atoms with Gasteiger partial charge >= 0.3 is 0 Å². The molecular formula is C11H12BrN3O3S. The maximum absolute atomic E-state index is 12.2. The summed E-state index contributed by atoms with van der Waals surface area (Å²) in [7, 11) is -3.62. The lowest BCUT2D eigenvalue weighted by atomic mass is 10.2. The number of rotatable bonds is 3. The number of sulfonamides is 1. The van der Waals surface area contributed by atoms with Gasteiger partial charge in [0.25, 0.3) is 0 Å². The molecule has 1 aromatic rings. The predicted molar refractivity (Wildman–Crippen MR) is 73.2 cm³/mol. The Balaban J connectivity index is 1.97. The highest BCUT2D eigenvalue weighted by atomic mass is 79.9. The molecule has 102 valence electrons. The molecule has 2 aliphatic rings. The Morgan fingerprint density at radius 3 is 2.74 bits per heavy atom. The molecule has 6 nitrogen and oxygen atoms in total. The van der Waals surface area contributed by atoms with Gasteiger partial charge < -0.3 is 11.1 Å². The molecular weight excluding hydrogens is 334 g/mol. The van der Waals surface area contributed by atoms with Gasteiger partial charge in [0, 0.05) is 22.2 Å². The molecule has 0 spiro atoms.